The lowest BCUT2D eigenvalue weighted by Gasteiger charge is -2.05. The van der Waals surface area contributed by atoms with Gasteiger partial charge >= 0.3 is 0 Å². The molecule has 4 nitrogen and oxygen atoms in total. The van der Waals surface area contributed by atoms with Gasteiger partial charge in [-0.1, -0.05) is 0 Å². The maximum atomic E-state index is 11.5. The van der Waals surface area contributed by atoms with Crippen molar-refractivity contribution in [1.29, 1.82) is 0 Å². The first kappa shape index (κ1) is 15.4. The Kier molecular flexibility index (Phi) is 5.09. The molecule has 0 fully saturated rings. The van der Waals surface area contributed by atoms with Crippen molar-refractivity contribution in [3.05, 3.63) is 44.1 Å². The molecule has 0 aliphatic carbocycles. The molecule has 20 heavy (non-hydrogen) atoms. The Morgan fingerprint density at radius 3 is 2.85 bits per heavy atom. The van der Waals surface area contributed by atoms with Gasteiger partial charge in [-0.05, 0) is 52.7 Å². The van der Waals surface area contributed by atoms with E-state index in [1.165, 1.54) is 11.3 Å². The second-order valence-corrected chi connectivity index (χ2v) is 7.27. The number of nitrogens with two attached hydrogens (primary N) is 2. The van der Waals surface area contributed by atoms with Crippen LogP contribution in [0, 0.1) is 6.92 Å². The average molecular weight is 372 g/mol. The number of aryl methyl sites for hydroxylation is 1. The fraction of sp³-hybridized carbons (Fsp3) is 0.154. The van der Waals surface area contributed by atoms with Crippen LogP contribution in [0.4, 0.5) is 5.69 Å². The molecule has 0 radical (unpaired) electrons. The fourth-order valence-electron chi connectivity index (χ4n) is 1.64. The predicted octanol–water partition coefficient (Wildman–Crippen LogP) is 3.30. The Bertz CT molecular complexity index is 643. The van der Waals surface area contributed by atoms with Gasteiger partial charge in [-0.2, -0.15) is 0 Å². The summed E-state index contributed by atoms with van der Waals surface area (Å²) in [5, 5.41) is 0. The van der Waals surface area contributed by atoms with Crippen LogP contribution in [0.1, 0.15) is 20.1 Å². The van der Waals surface area contributed by atoms with Gasteiger partial charge in [-0.3, -0.25) is 10.2 Å². The second-order valence-electron chi connectivity index (χ2n) is 4.14. The first-order chi connectivity index (χ1) is 9.51. The molecule has 2 aromatic rings. The molecule has 2 rings (SSSR count). The molecule has 1 amide bonds. The monoisotopic (exact) mass is 371 g/mol. The summed E-state index contributed by atoms with van der Waals surface area (Å²) in [5.41, 5.74) is 9.74. The van der Waals surface area contributed by atoms with Crippen LogP contribution in [-0.4, -0.2) is 5.91 Å². The summed E-state index contributed by atoms with van der Waals surface area (Å²) in [7, 11) is 0. The van der Waals surface area contributed by atoms with Crippen LogP contribution in [-0.2, 0) is 5.75 Å². The number of amides is 1. The molecule has 0 saturated heterocycles. The Morgan fingerprint density at radius 1 is 1.45 bits per heavy atom. The minimum absolute atomic E-state index is 0.247. The summed E-state index contributed by atoms with van der Waals surface area (Å²) >= 11 is 6.65. The highest BCUT2D eigenvalue weighted by Gasteiger charge is 2.12. The van der Waals surface area contributed by atoms with E-state index in [1.807, 2.05) is 31.2 Å². The third-order valence-corrected chi connectivity index (χ3v) is 5.85. The number of rotatable bonds is 4. The fourth-order valence-corrected chi connectivity index (χ4v) is 4.38. The molecule has 0 spiro atoms. The van der Waals surface area contributed by atoms with Crippen molar-refractivity contribution >= 4 is 50.6 Å². The zero-order valence-corrected chi connectivity index (χ0v) is 14.0. The lowest BCUT2D eigenvalue weighted by Crippen LogP contribution is -2.29. The quantitative estimate of drug-likeness (QED) is 0.253. The zero-order valence-electron chi connectivity index (χ0n) is 10.8. The number of nitrogen functional groups attached to an aromatic ring is 2. The van der Waals surface area contributed by atoms with Crippen molar-refractivity contribution < 1.29 is 4.79 Å². The van der Waals surface area contributed by atoms with Gasteiger partial charge in [0.1, 0.15) is 0 Å². The van der Waals surface area contributed by atoms with Crippen LogP contribution in [0.15, 0.2) is 33.6 Å². The van der Waals surface area contributed by atoms with Crippen molar-refractivity contribution in [3.8, 4) is 0 Å². The Morgan fingerprint density at radius 2 is 2.20 bits per heavy atom. The van der Waals surface area contributed by atoms with Crippen LogP contribution in [0.3, 0.4) is 0 Å². The molecule has 7 heteroatoms. The number of anilines is 1. The van der Waals surface area contributed by atoms with E-state index in [2.05, 4.69) is 21.4 Å². The standard InChI is InChI=1S/C13H14BrN3OS2/c1-7-8(4-12(20-7)13(18)17-16)6-19-11-3-2-9(15)5-10(11)14/h2-5H,6,15-16H2,1H3,(H,17,18). The number of nitrogens with one attached hydrogen (secondary N) is 1. The van der Waals surface area contributed by atoms with Gasteiger partial charge in [-0.15, -0.1) is 23.1 Å². The molecule has 106 valence electrons. The summed E-state index contributed by atoms with van der Waals surface area (Å²) in [6.07, 6.45) is 0. The summed E-state index contributed by atoms with van der Waals surface area (Å²) in [6.45, 7) is 2.01. The van der Waals surface area contributed by atoms with E-state index >= 15 is 0 Å². The summed E-state index contributed by atoms with van der Waals surface area (Å²) < 4.78 is 0.982. The number of thiophene rings is 1. The highest BCUT2D eigenvalue weighted by molar-refractivity contribution is 9.10. The van der Waals surface area contributed by atoms with Gasteiger partial charge in [-0.25, -0.2) is 5.84 Å². The molecular weight excluding hydrogens is 358 g/mol. The lowest BCUT2D eigenvalue weighted by molar-refractivity contribution is 0.0957. The van der Waals surface area contributed by atoms with E-state index in [0.29, 0.717) is 4.88 Å². The highest BCUT2D eigenvalue weighted by atomic mass is 79.9. The molecule has 1 aromatic heterocycles. The average Bonchev–Trinajstić information content (AvgIpc) is 2.78. The minimum Gasteiger partial charge on any atom is -0.399 e. The number of carbonyl (C=O) groups is 1. The Labute approximate surface area is 134 Å². The maximum Gasteiger partial charge on any atom is 0.275 e. The first-order valence-electron chi connectivity index (χ1n) is 5.79. The molecule has 0 saturated carbocycles. The van der Waals surface area contributed by atoms with E-state index in [-0.39, 0.29) is 5.91 Å². The van der Waals surface area contributed by atoms with Gasteiger partial charge in [0.2, 0.25) is 0 Å². The van der Waals surface area contributed by atoms with Crippen molar-refractivity contribution in [2.75, 3.05) is 5.73 Å². The van der Waals surface area contributed by atoms with Gasteiger partial charge < -0.3 is 5.73 Å². The number of hydrazine groups is 1. The number of hydrogen-bond donors (Lipinski definition) is 3. The van der Waals surface area contributed by atoms with E-state index in [1.54, 1.807) is 11.8 Å². The number of benzene rings is 1. The number of hydrogen-bond acceptors (Lipinski definition) is 5. The van der Waals surface area contributed by atoms with Crippen LogP contribution >= 0.6 is 39.0 Å². The van der Waals surface area contributed by atoms with Crippen LogP contribution in [0.25, 0.3) is 0 Å². The molecule has 0 aliphatic heterocycles. The van der Waals surface area contributed by atoms with Gasteiger partial charge in [0, 0.05) is 25.7 Å². The van der Waals surface area contributed by atoms with Crippen molar-refractivity contribution in [1.82, 2.24) is 5.43 Å². The van der Waals surface area contributed by atoms with Crippen molar-refractivity contribution in [3.63, 3.8) is 0 Å². The van der Waals surface area contributed by atoms with Crippen LogP contribution < -0.4 is 17.0 Å². The molecule has 5 N–H and O–H groups in total. The zero-order chi connectivity index (χ0) is 14.7. The van der Waals surface area contributed by atoms with E-state index in [4.69, 9.17) is 11.6 Å². The number of halogens is 1. The Balaban J connectivity index is 2.11. The first-order valence-corrected chi connectivity index (χ1v) is 8.39. The smallest absolute Gasteiger partial charge is 0.275 e. The molecule has 0 bridgehead atoms. The molecule has 0 unspecified atom stereocenters. The molecule has 0 aliphatic rings. The van der Waals surface area contributed by atoms with Gasteiger partial charge in [0.05, 0.1) is 4.88 Å². The van der Waals surface area contributed by atoms with Gasteiger partial charge in [0.15, 0.2) is 0 Å². The van der Waals surface area contributed by atoms with Crippen LogP contribution in [0.2, 0.25) is 0 Å². The Hall–Kier alpha value is -1.02. The van der Waals surface area contributed by atoms with Crippen molar-refractivity contribution in [2.24, 2.45) is 5.84 Å². The van der Waals surface area contributed by atoms with Crippen LogP contribution in [0.5, 0.6) is 0 Å². The topological polar surface area (TPSA) is 81.1 Å². The second kappa shape index (κ2) is 6.62. The number of thioether (sulfide) groups is 1. The van der Waals surface area contributed by atoms with E-state index < -0.39 is 0 Å². The molecule has 1 aromatic carbocycles. The van der Waals surface area contributed by atoms with E-state index in [0.717, 1.165) is 31.2 Å². The SMILES string of the molecule is Cc1sc(C(=O)NN)cc1CSc1ccc(N)cc1Br. The maximum absolute atomic E-state index is 11.5. The third-order valence-electron chi connectivity index (χ3n) is 2.71. The normalized spacial score (nSPS) is 10.6. The summed E-state index contributed by atoms with van der Waals surface area (Å²) in [6, 6.07) is 7.64. The molecule has 1 heterocycles. The third kappa shape index (κ3) is 3.54. The highest BCUT2D eigenvalue weighted by Crippen LogP contribution is 2.33. The summed E-state index contributed by atoms with van der Waals surface area (Å²) in [4.78, 5) is 14.4. The minimum atomic E-state index is -0.247. The number of carbonyl (C=O) groups excluding carboxylic acids is 1. The van der Waals surface area contributed by atoms with E-state index in [9.17, 15) is 4.79 Å². The lowest BCUT2D eigenvalue weighted by atomic mass is 10.3. The largest absolute Gasteiger partial charge is 0.399 e. The summed E-state index contributed by atoms with van der Waals surface area (Å²) in [5.74, 6) is 5.69. The van der Waals surface area contributed by atoms with Crippen molar-refractivity contribution in [2.45, 2.75) is 17.6 Å². The molecule has 0 atom stereocenters. The van der Waals surface area contributed by atoms with Gasteiger partial charge in [0.25, 0.3) is 5.91 Å². The molecular formula is C13H14BrN3OS2. The predicted molar refractivity (Wildman–Crippen MR) is 88.8 cm³/mol.